The zero-order chi connectivity index (χ0) is 76.3. The Morgan fingerprint density at radius 2 is 0.554 bits per heavy atom. The molecule has 0 N–H and O–H groups in total. The van der Waals surface area contributed by atoms with Crippen molar-refractivity contribution in [3.63, 3.8) is 0 Å². The van der Waals surface area contributed by atoms with Crippen molar-refractivity contribution in [1.82, 2.24) is 29.9 Å². The molecule has 1 fully saturated rings. The van der Waals surface area contributed by atoms with E-state index in [-0.39, 0.29) is 0 Å². The van der Waals surface area contributed by atoms with Gasteiger partial charge in [-0.2, -0.15) is 10.5 Å². The summed E-state index contributed by atoms with van der Waals surface area (Å²) in [5.74, 6) is 3.88. The standard InChI is InChI=1S/C46H28N4O.C31H26BNO3.C21H14BrN3/c47-29-30-15-17-31(18-16-30)32-19-21-33(22-20-32)38-27-40(43-41(28-38)39-13-7-8-14-42(39)51-43)34-23-25-37(26-24-34)46-49-44(35-9-3-1-4-10-35)48-45(50-46)36-11-5-2-6-12-36;1-30(2)31(3,4)36-32(35-30)27-18-24(17-26-25-7-5-6-8-28(25)34-29(26)27)23-15-13-22(14-16-23)21-11-9-20(19-33)10-12-21;22-18-13-11-17(12-14-18)21-24-19(15-7-3-1-4-8-15)23-20(25-21)16-9-5-2-6-10-16/h1-28H;5-18H,1-4H3;1-14H. The molecular weight excluding hydrogens is 1440 g/mol. The number of hydrogen-bond donors (Lipinski definition) is 0. The fraction of sp³-hybridized carbons (Fsp3) is 0.0612. The van der Waals surface area contributed by atoms with Crippen LogP contribution in [0.5, 0.6) is 0 Å². The SMILES string of the molecule is Brc1ccc(-c2nc(-c3ccccc3)nc(-c3ccccc3)n2)cc1.CC1(C)OB(c2cc(-c3ccc(-c4ccc(C#N)cc4)cc3)cc3c2oc2ccccc23)OC1(C)C.N#Cc1ccc(-c2ccc(-c3cc(-c4ccc(-c5nc(-c6ccccc6)nc(-c6ccccc6)n5)cc4)c4oc5ccccc5c4c3)cc2)cc1. The van der Waals surface area contributed by atoms with Gasteiger partial charge >= 0.3 is 7.12 Å². The number of benzene rings is 14. The second kappa shape index (κ2) is 30.7. The van der Waals surface area contributed by atoms with Crippen molar-refractivity contribution in [1.29, 1.82) is 10.5 Å². The van der Waals surface area contributed by atoms with Crippen LogP contribution < -0.4 is 5.46 Å². The highest BCUT2D eigenvalue weighted by atomic mass is 79.9. The van der Waals surface area contributed by atoms with Gasteiger partial charge in [0, 0.05) is 70.4 Å². The number of fused-ring (bicyclic) bond motifs is 6. The van der Waals surface area contributed by atoms with E-state index in [0.717, 1.165) is 143 Å². The van der Waals surface area contributed by atoms with Crippen LogP contribution in [-0.2, 0) is 9.31 Å². The maximum Gasteiger partial charge on any atom is 0.498 e. The summed E-state index contributed by atoms with van der Waals surface area (Å²) in [5, 5.41) is 22.5. The zero-order valence-electron chi connectivity index (χ0n) is 61.5. The number of nitrogens with zero attached hydrogens (tertiary/aromatic N) is 8. The van der Waals surface area contributed by atoms with E-state index in [4.69, 9.17) is 48.3 Å². The summed E-state index contributed by atoms with van der Waals surface area (Å²) >= 11 is 3.47. The molecular formula is C98H68BBrN8O4. The Kier molecular flexibility index (Phi) is 19.5. The van der Waals surface area contributed by atoms with Gasteiger partial charge in [-0.25, -0.2) is 29.9 Å². The van der Waals surface area contributed by atoms with Gasteiger partial charge in [0.15, 0.2) is 34.9 Å². The molecule has 1 aliphatic heterocycles. The van der Waals surface area contributed by atoms with Gasteiger partial charge < -0.3 is 18.1 Å². The summed E-state index contributed by atoms with van der Waals surface area (Å²) in [6.45, 7) is 8.26. The largest absolute Gasteiger partial charge is 0.498 e. The number of furan rings is 2. The summed E-state index contributed by atoms with van der Waals surface area (Å²) < 4.78 is 26.7. The molecule has 0 bridgehead atoms. The Bertz CT molecular complexity index is 6420. The smallest absolute Gasteiger partial charge is 0.456 e. The lowest BCUT2D eigenvalue weighted by atomic mass is 9.76. The first kappa shape index (κ1) is 71.1. The van der Waals surface area contributed by atoms with Gasteiger partial charge in [0.25, 0.3) is 0 Å². The van der Waals surface area contributed by atoms with E-state index in [2.05, 4.69) is 170 Å². The minimum atomic E-state index is -0.532. The molecule has 0 saturated carbocycles. The lowest BCUT2D eigenvalue weighted by Gasteiger charge is -2.32. The van der Waals surface area contributed by atoms with Crippen LogP contribution in [0.15, 0.2) is 353 Å². The number of nitriles is 2. The summed E-state index contributed by atoms with van der Waals surface area (Å²) in [7, 11) is -0.532. The Labute approximate surface area is 657 Å². The van der Waals surface area contributed by atoms with Crippen LogP contribution in [0, 0.1) is 22.7 Å². The third kappa shape index (κ3) is 14.7. The Hall–Kier alpha value is -13.9. The number of hydrogen-bond acceptors (Lipinski definition) is 12. The second-order valence-corrected chi connectivity index (χ2v) is 29.2. The van der Waals surface area contributed by atoms with Crippen molar-refractivity contribution in [2.75, 3.05) is 0 Å². The molecule has 0 unspecified atom stereocenters. The molecule has 534 valence electrons. The fourth-order valence-corrected chi connectivity index (χ4v) is 14.1. The van der Waals surface area contributed by atoms with E-state index in [0.29, 0.717) is 46.1 Å². The monoisotopic (exact) mass is 1510 g/mol. The van der Waals surface area contributed by atoms with Gasteiger partial charge in [0.2, 0.25) is 0 Å². The topological polar surface area (TPSA) is 170 Å². The molecule has 4 aromatic heterocycles. The predicted molar refractivity (Wildman–Crippen MR) is 453 cm³/mol. The maximum atomic E-state index is 9.19. The highest BCUT2D eigenvalue weighted by Crippen LogP contribution is 2.43. The lowest BCUT2D eigenvalue weighted by Crippen LogP contribution is -2.41. The van der Waals surface area contributed by atoms with Gasteiger partial charge in [0.1, 0.15) is 22.3 Å². The molecule has 0 spiro atoms. The molecule has 0 radical (unpaired) electrons. The zero-order valence-corrected chi connectivity index (χ0v) is 63.1. The lowest BCUT2D eigenvalue weighted by molar-refractivity contribution is 0.00578. The van der Waals surface area contributed by atoms with Crippen molar-refractivity contribution in [2.24, 2.45) is 0 Å². The molecule has 14 heteroatoms. The molecule has 0 aliphatic carbocycles. The third-order valence-corrected chi connectivity index (χ3v) is 21.1. The van der Waals surface area contributed by atoms with Crippen molar-refractivity contribution in [3.05, 3.63) is 355 Å². The van der Waals surface area contributed by atoms with Gasteiger partial charge in [-0.3, -0.25) is 0 Å². The summed E-state index contributed by atoms with van der Waals surface area (Å²) in [6.07, 6.45) is 0. The Morgan fingerprint density at radius 1 is 0.277 bits per heavy atom. The van der Waals surface area contributed by atoms with Crippen LogP contribution in [0.25, 0.3) is 168 Å². The van der Waals surface area contributed by atoms with Crippen LogP contribution in [0.1, 0.15) is 38.8 Å². The number of para-hydroxylation sites is 2. The Balaban J connectivity index is 0.000000130. The molecule has 1 saturated heterocycles. The normalized spacial score (nSPS) is 12.7. The van der Waals surface area contributed by atoms with E-state index in [1.807, 2.05) is 231 Å². The molecule has 112 heavy (non-hydrogen) atoms. The van der Waals surface area contributed by atoms with E-state index in [1.165, 1.54) is 0 Å². The van der Waals surface area contributed by atoms with Gasteiger partial charge in [0.05, 0.1) is 34.5 Å². The van der Waals surface area contributed by atoms with Crippen LogP contribution in [0.3, 0.4) is 0 Å². The maximum absolute atomic E-state index is 9.19. The van der Waals surface area contributed by atoms with Gasteiger partial charge in [-0.15, -0.1) is 0 Å². The number of halogens is 1. The van der Waals surface area contributed by atoms with Gasteiger partial charge in [-0.05, 0) is 144 Å². The van der Waals surface area contributed by atoms with Crippen LogP contribution >= 0.6 is 15.9 Å². The fourth-order valence-electron chi connectivity index (χ4n) is 13.8. The van der Waals surface area contributed by atoms with Crippen molar-refractivity contribution < 1.29 is 18.1 Å². The first-order chi connectivity index (χ1) is 54.7. The average molecular weight is 1510 g/mol. The van der Waals surface area contributed by atoms with Crippen LogP contribution in [0.4, 0.5) is 0 Å². The highest BCUT2D eigenvalue weighted by Gasteiger charge is 2.52. The average Bonchev–Trinajstić information content (AvgIpc) is 1.59. The number of rotatable bonds is 12. The Morgan fingerprint density at radius 3 is 0.920 bits per heavy atom. The predicted octanol–water partition coefficient (Wildman–Crippen LogP) is 24.4. The van der Waals surface area contributed by atoms with E-state index in [1.54, 1.807) is 0 Å². The minimum Gasteiger partial charge on any atom is -0.456 e. The summed E-state index contributed by atoms with van der Waals surface area (Å²) in [6, 6.07) is 118. The summed E-state index contributed by atoms with van der Waals surface area (Å²) in [5.41, 5.74) is 21.1. The van der Waals surface area contributed by atoms with E-state index >= 15 is 0 Å². The van der Waals surface area contributed by atoms with Crippen LogP contribution in [0.2, 0.25) is 0 Å². The molecule has 14 aromatic carbocycles. The molecule has 0 amide bonds. The quantitative estimate of drug-likeness (QED) is 0.106. The molecule has 12 nitrogen and oxygen atoms in total. The molecule has 19 rings (SSSR count). The first-order valence-corrected chi connectivity index (χ1v) is 37.6. The van der Waals surface area contributed by atoms with E-state index < -0.39 is 18.3 Å². The van der Waals surface area contributed by atoms with Crippen molar-refractivity contribution in [3.8, 4) is 136 Å². The van der Waals surface area contributed by atoms with Crippen molar-refractivity contribution in [2.45, 2.75) is 38.9 Å². The summed E-state index contributed by atoms with van der Waals surface area (Å²) in [4.78, 5) is 28.7. The number of aromatic nitrogens is 6. The second-order valence-electron chi connectivity index (χ2n) is 28.3. The highest BCUT2D eigenvalue weighted by molar-refractivity contribution is 9.10. The van der Waals surface area contributed by atoms with Crippen molar-refractivity contribution >= 4 is 72.4 Å². The molecule has 1 aliphatic rings. The molecule has 5 heterocycles. The molecule has 18 aromatic rings. The third-order valence-electron chi connectivity index (χ3n) is 20.6. The van der Waals surface area contributed by atoms with Gasteiger partial charge in [-0.1, -0.05) is 289 Å². The first-order valence-electron chi connectivity index (χ1n) is 36.8. The van der Waals surface area contributed by atoms with E-state index in [9.17, 15) is 5.26 Å². The van der Waals surface area contributed by atoms with Crippen LogP contribution in [-0.4, -0.2) is 48.2 Å². The molecule has 0 atom stereocenters. The minimum absolute atomic E-state index is 0.450.